The third-order valence-electron chi connectivity index (χ3n) is 4.01. The highest BCUT2D eigenvalue weighted by Crippen LogP contribution is 2.27. The van der Waals surface area contributed by atoms with E-state index in [0.29, 0.717) is 0 Å². The molecular formula is C16H24ClN. The zero-order chi connectivity index (χ0) is 12.8. The zero-order valence-corrected chi connectivity index (χ0v) is 12.1. The summed E-state index contributed by atoms with van der Waals surface area (Å²) in [6.07, 6.45) is 9.81. The highest BCUT2D eigenvalue weighted by Gasteiger charge is 2.12. The molecule has 18 heavy (non-hydrogen) atoms. The van der Waals surface area contributed by atoms with Gasteiger partial charge in [-0.2, -0.15) is 0 Å². The van der Waals surface area contributed by atoms with E-state index < -0.39 is 0 Å². The van der Waals surface area contributed by atoms with E-state index in [4.69, 9.17) is 11.6 Å². The Hall–Kier alpha value is -0.690. The Kier molecular flexibility index (Phi) is 5.37. The van der Waals surface area contributed by atoms with E-state index in [1.54, 1.807) is 0 Å². The molecule has 1 saturated carbocycles. The molecule has 2 heteroatoms. The van der Waals surface area contributed by atoms with Gasteiger partial charge in [0.1, 0.15) is 0 Å². The van der Waals surface area contributed by atoms with Gasteiger partial charge in [-0.3, -0.25) is 0 Å². The first-order chi connectivity index (χ1) is 8.77. The van der Waals surface area contributed by atoms with Crippen molar-refractivity contribution in [2.24, 2.45) is 5.92 Å². The van der Waals surface area contributed by atoms with Crippen molar-refractivity contribution in [1.29, 1.82) is 0 Å². The Morgan fingerprint density at radius 3 is 2.44 bits per heavy atom. The van der Waals surface area contributed by atoms with Crippen LogP contribution in [0.3, 0.4) is 0 Å². The third-order valence-corrected chi connectivity index (χ3v) is 4.33. The van der Waals surface area contributed by atoms with Crippen molar-refractivity contribution in [1.82, 2.24) is 0 Å². The predicted molar refractivity (Wildman–Crippen MR) is 80.5 cm³/mol. The molecule has 0 amide bonds. The summed E-state index contributed by atoms with van der Waals surface area (Å²) in [6, 6.07) is 6.10. The number of anilines is 1. The summed E-state index contributed by atoms with van der Waals surface area (Å²) in [5.41, 5.74) is 2.37. The van der Waals surface area contributed by atoms with E-state index in [1.807, 2.05) is 12.1 Å². The molecule has 0 saturated heterocycles. The Bertz CT molecular complexity index is 347. The number of hydrogen-bond acceptors (Lipinski definition) is 1. The smallest absolute Gasteiger partial charge is 0.0640 e. The van der Waals surface area contributed by atoms with Crippen LogP contribution in [0.25, 0.3) is 0 Å². The van der Waals surface area contributed by atoms with Crippen molar-refractivity contribution in [2.45, 2.75) is 51.9 Å². The van der Waals surface area contributed by atoms with Crippen molar-refractivity contribution < 1.29 is 0 Å². The van der Waals surface area contributed by atoms with Gasteiger partial charge in [-0.05, 0) is 37.3 Å². The van der Waals surface area contributed by atoms with Crippen LogP contribution in [0.5, 0.6) is 0 Å². The number of benzene rings is 1. The van der Waals surface area contributed by atoms with Crippen LogP contribution in [0.1, 0.15) is 50.5 Å². The summed E-state index contributed by atoms with van der Waals surface area (Å²) >= 11 is 6.24. The lowest BCUT2D eigenvalue weighted by Crippen LogP contribution is -2.16. The molecular weight excluding hydrogens is 242 g/mol. The van der Waals surface area contributed by atoms with Crippen molar-refractivity contribution in [3.8, 4) is 0 Å². The first-order valence-corrected chi connectivity index (χ1v) is 7.64. The predicted octanol–water partition coefficient (Wildman–Crippen LogP) is 5.42. The maximum Gasteiger partial charge on any atom is 0.0640 e. The molecule has 1 aliphatic carbocycles. The molecule has 0 bridgehead atoms. The Morgan fingerprint density at radius 2 is 1.78 bits per heavy atom. The molecule has 0 atom stereocenters. The molecule has 0 aliphatic heterocycles. The van der Waals surface area contributed by atoms with Crippen LogP contribution in [-0.2, 0) is 0 Å². The van der Waals surface area contributed by atoms with Gasteiger partial charge in [-0.1, -0.05) is 55.8 Å². The fourth-order valence-corrected chi connectivity index (χ4v) is 3.14. The van der Waals surface area contributed by atoms with Crippen molar-refractivity contribution in [3.63, 3.8) is 0 Å². The van der Waals surface area contributed by atoms with Crippen LogP contribution >= 0.6 is 11.6 Å². The molecule has 0 aromatic heterocycles. The molecule has 1 aromatic rings. The van der Waals surface area contributed by atoms with Gasteiger partial charge in [0.25, 0.3) is 0 Å². The van der Waals surface area contributed by atoms with E-state index in [9.17, 15) is 0 Å². The van der Waals surface area contributed by atoms with Crippen LogP contribution in [0.15, 0.2) is 18.2 Å². The summed E-state index contributed by atoms with van der Waals surface area (Å²) < 4.78 is 0. The lowest BCUT2D eigenvalue weighted by Gasteiger charge is -2.21. The summed E-state index contributed by atoms with van der Waals surface area (Å²) in [5, 5.41) is 4.42. The van der Waals surface area contributed by atoms with Gasteiger partial charge in [0.05, 0.1) is 10.7 Å². The van der Waals surface area contributed by atoms with E-state index in [-0.39, 0.29) is 0 Å². The number of aryl methyl sites for hydroxylation is 1. The number of hydrogen-bond donors (Lipinski definition) is 1. The molecule has 0 heterocycles. The minimum atomic E-state index is 0.820. The summed E-state index contributed by atoms with van der Waals surface area (Å²) in [4.78, 5) is 0. The minimum Gasteiger partial charge on any atom is -0.383 e. The van der Waals surface area contributed by atoms with E-state index in [1.165, 1.54) is 50.5 Å². The number of halogens is 1. The number of rotatable bonds is 3. The van der Waals surface area contributed by atoms with E-state index in [2.05, 4.69) is 18.3 Å². The molecule has 1 N–H and O–H groups in total. The van der Waals surface area contributed by atoms with Crippen molar-refractivity contribution in [3.05, 3.63) is 28.8 Å². The molecule has 2 rings (SSSR count). The molecule has 1 nitrogen and oxygen atoms in total. The highest BCUT2D eigenvalue weighted by atomic mass is 35.5. The van der Waals surface area contributed by atoms with Crippen LogP contribution in [0.4, 0.5) is 5.69 Å². The fraction of sp³-hybridized carbons (Fsp3) is 0.625. The Balaban J connectivity index is 1.89. The van der Waals surface area contributed by atoms with Gasteiger partial charge in [0, 0.05) is 6.54 Å². The van der Waals surface area contributed by atoms with Crippen LogP contribution in [-0.4, -0.2) is 6.54 Å². The number of para-hydroxylation sites is 1. The molecule has 1 aliphatic rings. The normalized spacial score (nSPS) is 18.1. The van der Waals surface area contributed by atoms with Crippen LogP contribution < -0.4 is 5.32 Å². The molecule has 1 fully saturated rings. The largest absolute Gasteiger partial charge is 0.383 e. The average Bonchev–Trinajstić information content (AvgIpc) is 2.30. The third kappa shape index (κ3) is 3.91. The average molecular weight is 266 g/mol. The van der Waals surface area contributed by atoms with Gasteiger partial charge >= 0.3 is 0 Å². The lowest BCUT2D eigenvalue weighted by molar-refractivity contribution is 0.392. The van der Waals surface area contributed by atoms with E-state index in [0.717, 1.165) is 23.2 Å². The van der Waals surface area contributed by atoms with Crippen LogP contribution in [0, 0.1) is 12.8 Å². The van der Waals surface area contributed by atoms with Gasteiger partial charge < -0.3 is 5.32 Å². The first kappa shape index (κ1) is 13.7. The Morgan fingerprint density at radius 1 is 1.11 bits per heavy atom. The fourth-order valence-electron chi connectivity index (χ4n) is 2.85. The highest BCUT2D eigenvalue weighted by molar-refractivity contribution is 6.33. The second-order valence-electron chi connectivity index (χ2n) is 5.52. The van der Waals surface area contributed by atoms with Crippen LogP contribution in [0.2, 0.25) is 5.02 Å². The maximum atomic E-state index is 6.24. The summed E-state index contributed by atoms with van der Waals surface area (Å²) in [7, 11) is 0. The van der Waals surface area contributed by atoms with Gasteiger partial charge in [0.2, 0.25) is 0 Å². The summed E-state index contributed by atoms with van der Waals surface area (Å²) in [5.74, 6) is 0.820. The zero-order valence-electron chi connectivity index (χ0n) is 11.3. The van der Waals surface area contributed by atoms with Crippen molar-refractivity contribution in [2.75, 3.05) is 11.9 Å². The number of nitrogens with one attached hydrogen (secondary N) is 1. The van der Waals surface area contributed by atoms with E-state index >= 15 is 0 Å². The minimum absolute atomic E-state index is 0.820. The molecule has 1 aromatic carbocycles. The topological polar surface area (TPSA) is 12.0 Å². The van der Waals surface area contributed by atoms with Gasteiger partial charge in [-0.25, -0.2) is 0 Å². The molecule has 0 unspecified atom stereocenters. The second-order valence-corrected chi connectivity index (χ2v) is 5.93. The molecule has 0 spiro atoms. The second kappa shape index (κ2) is 7.04. The van der Waals surface area contributed by atoms with Gasteiger partial charge in [0.15, 0.2) is 0 Å². The van der Waals surface area contributed by atoms with Crippen molar-refractivity contribution >= 4 is 17.3 Å². The maximum absolute atomic E-state index is 6.24. The quantitative estimate of drug-likeness (QED) is 0.769. The SMILES string of the molecule is Cc1cccc(Cl)c1NCC1CCCCCCC1. The summed E-state index contributed by atoms with van der Waals surface area (Å²) in [6.45, 7) is 3.19. The molecule has 0 radical (unpaired) electrons. The monoisotopic (exact) mass is 265 g/mol. The standard InChI is InChI=1S/C16H24ClN/c1-13-8-7-11-15(17)16(13)18-12-14-9-5-3-2-4-6-10-14/h7-8,11,14,18H,2-6,9-10,12H2,1H3. The van der Waals surface area contributed by atoms with Gasteiger partial charge in [-0.15, -0.1) is 0 Å². The lowest BCUT2D eigenvalue weighted by atomic mass is 9.91. The Labute approximate surface area is 116 Å². The molecule has 100 valence electrons. The first-order valence-electron chi connectivity index (χ1n) is 7.26.